The molecule has 0 radical (unpaired) electrons. The van der Waals surface area contributed by atoms with Crippen molar-refractivity contribution in [2.45, 2.75) is 31.9 Å². The molecule has 2 heterocycles. The predicted molar refractivity (Wildman–Crippen MR) is 52.6 cm³/mol. The summed E-state index contributed by atoms with van der Waals surface area (Å²) in [6, 6.07) is 0.731. The Morgan fingerprint density at radius 1 is 1.38 bits per heavy atom. The lowest BCUT2D eigenvalue weighted by atomic mass is 9.95. The zero-order valence-electron chi connectivity index (χ0n) is 8.37. The van der Waals surface area contributed by atoms with Gasteiger partial charge in [-0.15, -0.1) is 0 Å². The van der Waals surface area contributed by atoms with Gasteiger partial charge in [-0.2, -0.15) is 0 Å². The monoisotopic (exact) mass is 184 g/mol. The van der Waals surface area contributed by atoms with E-state index < -0.39 is 0 Å². The molecule has 2 saturated heterocycles. The van der Waals surface area contributed by atoms with Crippen LogP contribution in [0.3, 0.4) is 0 Å². The van der Waals surface area contributed by atoms with Crippen LogP contribution in [0.5, 0.6) is 0 Å². The Balaban J connectivity index is 1.87. The van der Waals surface area contributed by atoms with E-state index in [1.54, 1.807) is 0 Å². The Labute approximate surface area is 80.1 Å². The molecule has 0 aromatic heterocycles. The molecule has 3 nitrogen and oxygen atoms in total. The van der Waals surface area contributed by atoms with Crippen molar-refractivity contribution in [3.63, 3.8) is 0 Å². The van der Waals surface area contributed by atoms with E-state index in [9.17, 15) is 5.11 Å². The minimum atomic E-state index is -0.0642. The predicted octanol–water partition coefficient (Wildman–Crippen LogP) is 0.0510. The van der Waals surface area contributed by atoms with E-state index in [4.69, 9.17) is 0 Å². The Kier molecular flexibility index (Phi) is 2.86. The van der Waals surface area contributed by atoms with Gasteiger partial charge in [-0.3, -0.25) is 4.90 Å². The molecule has 0 aromatic rings. The fourth-order valence-corrected chi connectivity index (χ4v) is 2.45. The maximum Gasteiger partial charge on any atom is 0.0590 e. The fourth-order valence-electron chi connectivity index (χ4n) is 2.45. The molecule has 2 N–H and O–H groups in total. The number of aliphatic hydroxyl groups excluding tert-OH is 1. The molecule has 2 rings (SSSR count). The zero-order chi connectivity index (χ0) is 9.26. The Bertz CT molecular complexity index is 168. The number of nitrogens with zero attached hydrogens (tertiary/aromatic N) is 1. The van der Waals surface area contributed by atoms with Crippen LogP contribution in [-0.2, 0) is 0 Å². The molecule has 0 bridgehead atoms. The first-order chi connectivity index (χ1) is 6.27. The van der Waals surface area contributed by atoms with Crippen molar-refractivity contribution in [2.24, 2.45) is 5.92 Å². The van der Waals surface area contributed by atoms with Crippen molar-refractivity contribution in [1.29, 1.82) is 0 Å². The van der Waals surface area contributed by atoms with Gasteiger partial charge >= 0.3 is 0 Å². The highest BCUT2D eigenvalue weighted by Crippen LogP contribution is 2.20. The second-order valence-corrected chi connectivity index (χ2v) is 4.47. The van der Waals surface area contributed by atoms with Crippen LogP contribution in [0.4, 0.5) is 0 Å². The highest BCUT2D eigenvalue weighted by atomic mass is 16.3. The van der Waals surface area contributed by atoms with E-state index in [1.165, 1.54) is 6.42 Å². The van der Waals surface area contributed by atoms with Gasteiger partial charge in [-0.05, 0) is 25.3 Å². The van der Waals surface area contributed by atoms with Gasteiger partial charge in [0.1, 0.15) is 0 Å². The molecule has 0 spiro atoms. The Morgan fingerprint density at radius 3 is 2.85 bits per heavy atom. The largest absolute Gasteiger partial charge is 0.393 e. The molecule has 3 atom stereocenters. The SMILES string of the molecule is CC1CN(C2CCNC2)CCC1O. The summed E-state index contributed by atoms with van der Waals surface area (Å²) in [7, 11) is 0. The van der Waals surface area contributed by atoms with E-state index in [-0.39, 0.29) is 6.10 Å². The van der Waals surface area contributed by atoms with Gasteiger partial charge in [-0.1, -0.05) is 6.92 Å². The molecular formula is C10H20N2O. The summed E-state index contributed by atoms with van der Waals surface area (Å²) < 4.78 is 0. The molecule has 76 valence electrons. The molecule has 0 aliphatic carbocycles. The fraction of sp³-hybridized carbons (Fsp3) is 1.00. The van der Waals surface area contributed by atoms with Crippen LogP contribution in [0.1, 0.15) is 19.8 Å². The number of hydrogen-bond donors (Lipinski definition) is 2. The van der Waals surface area contributed by atoms with E-state index in [2.05, 4.69) is 17.1 Å². The summed E-state index contributed by atoms with van der Waals surface area (Å²) in [5.41, 5.74) is 0. The molecule has 2 aliphatic heterocycles. The van der Waals surface area contributed by atoms with Crippen LogP contribution in [0.25, 0.3) is 0 Å². The summed E-state index contributed by atoms with van der Waals surface area (Å²) in [4.78, 5) is 2.54. The van der Waals surface area contributed by atoms with Crippen LogP contribution in [0.2, 0.25) is 0 Å². The van der Waals surface area contributed by atoms with Crippen molar-refractivity contribution < 1.29 is 5.11 Å². The quantitative estimate of drug-likeness (QED) is 0.604. The van der Waals surface area contributed by atoms with Gasteiger partial charge < -0.3 is 10.4 Å². The summed E-state index contributed by atoms with van der Waals surface area (Å²) in [6.45, 7) is 6.62. The lowest BCUT2D eigenvalue weighted by Gasteiger charge is -2.37. The van der Waals surface area contributed by atoms with E-state index >= 15 is 0 Å². The molecule has 0 aromatic carbocycles. The van der Waals surface area contributed by atoms with Crippen molar-refractivity contribution in [1.82, 2.24) is 10.2 Å². The first-order valence-corrected chi connectivity index (χ1v) is 5.40. The van der Waals surface area contributed by atoms with Crippen LogP contribution >= 0.6 is 0 Å². The molecule has 0 saturated carbocycles. The van der Waals surface area contributed by atoms with Crippen LogP contribution in [-0.4, -0.2) is 48.3 Å². The first kappa shape index (κ1) is 9.44. The van der Waals surface area contributed by atoms with Crippen LogP contribution < -0.4 is 5.32 Å². The second kappa shape index (κ2) is 3.95. The van der Waals surface area contributed by atoms with Crippen LogP contribution in [0, 0.1) is 5.92 Å². The number of hydrogen-bond acceptors (Lipinski definition) is 3. The highest BCUT2D eigenvalue weighted by molar-refractivity contribution is 4.86. The maximum atomic E-state index is 9.60. The van der Waals surface area contributed by atoms with Gasteiger partial charge in [0.2, 0.25) is 0 Å². The summed E-state index contributed by atoms with van der Waals surface area (Å²) in [5.74, 6) is 0.453. The van der Waals surface area contributed by atoms with Gasteiger partial charge in [0.15, 0.2) is 0 Å². The Morgan fingerprint density at radius 2 is 2.23 bits per heavy atom. The third-order valence-electron chi connectivity index (χ3n) is 3.44. The second-order valence-electron chi connectivity index (χ2n) is 4.47. The average molecular weight is 184 g/mol. The molecule has 2 aliphatic rings. The van der Waals surface area contributed by atoms with Crippen molar-refractivity contribution in [3.05, 3.63) is 0 Å². The highest BCUT2D eigenvalue weighted by Gasteiger charge is 2.29. The first-order valence-electron chi connectivity index (χ1n) is 5.40. The summed E-state index contributed by atoms with van der Waals surface area (Å²) in [5, 5.41) is 13.0. The van der Waals surface area contributed by atoms with Gasteiger partial charge in [-0.25, -0.2) is 0 Å². The average Bonchev–Trinajstić information content (AvgIpc) is 2.62. The molecular weight excluding hydrogens is 164 g/mol. The molecule has 0 amide bonds. The number of piperidine rings is 1. The van der Waals surface area contributed by atoms with Gasteiger partial charge in [0.05, 0.1) is 6.10 Å². The van der Waals surface area contributed by atoms with Crippen molar-refractivity contribution in [3.8, 4) is 0 Å². The lowest BCUT2D eigenvalue weighted by Crippen LogP contribution is -2.47. The van der Waals surface area contributed by atoms with E-state index in [1.807, 2.05) is 0 Å². The summed E-state index contributed by atoms with van der Waals surface area (Å²) in [6.07, 6.45) is 2.17. The molecule has 3 heteroatoms. The third kappa shape index (κ3) is 2.03. The van der Waals surface area contributed by atoms with Gasteiger partial charge in [0.25, 0.3) is 0 Å². The number of nitrogens with one attached hydrogen (secondary N) is 1. The van der Waals surface area contributed by atoms with E-state index in [0.717, 1.165) is 38.6 Å². The standard InChI is InChI=1S/C10H20N2O/c1-8-7-12(5-3-10(8)13)9-2-4-11-6-9/h8-11,13H,2-7H2,1H3. The third-order valence-corrected chi connectivity index (χ3v) is 3.44. The molecule has 2 fully saturated rings. The zero-order valence-corrected chi connectivity index (χ0v) is 8.37. The number of aliphatic hydroxyl groups is 1. The minimum Gasteiger partial charge on any atom is -0.393 e. The normalized spacial score (nSPS) is 42.5. The van der Waals surface area contributed by atoms with Crippen LogP contribution in [0.15, 0.2) is 0 Å². The minimum absolute atomic E-state index is 0.0642. The van der Waals surface area contributed by atoms with E-state index in [0.29, 0.717) is 5.92 Å². The lowest BCUT2D eigenvalue weighted by molar-refractivity contribution is 0.0205. The topological polar surface area (TPSA) is 35.5 Å². The smallest absolute Gasteiger partial charge is 0.0590 e. The molecule has 3 unspecified atom stereocenters. The maximum absolute atomic E-state index is 9.60. The van der Waals surface area contributed by atoms with Gasteiger partial charge in [0, 0.05) is 25.7 Å². The van der Waals surface area contributed by atoms with Crippen molar-refractivity contribution in [2.75, 3.05) is 26.2 Å². The molecule has 13 heavy (non-hydrogen) atoms. The van der Waals surface area contributed by atoms with Crippen molar-refractivity contribution >= 4 is 0 Å². The number of likely N-dealkylation sites (tertiary alicyclic amines) is 1. The Hall–Kier alpha value is -0.120. The number of rotatable bonds is 1. The summed E-state index contributed by atoms with van der Waals surface area (Å²) >= 11 is 0.